The zero-order chi connectivity index (χ0) is 12.8. The molecule has 0 aliphatic heterocycles. The number of nitro benzene ring substituents is 1. The molecule has 0 radical (unpaired) electrons. The van der Waals surface area contributed by atoms with Crippen LogP contribution in [0.3, 0.4) is 0 Å². The zero-order valence-electron chi connectivity index (χ0n) is 8.98. The summed E-state index contributed by atoms with van der Waals surface area (Å²) in [6.45, 7) is 0.456. The average molecular weight is 302 g/mol. The summed E-state index contributed by atoms with van der Waals surface area (Å²) in [7, 11) is 0. The lowest BCUT2D eigenvalue weighted by molar-refractivity contribution is -0.385. The van der Waals surface area contributed by atoms with Crippen molar-refractivity contribution in [1.82, 2.24) is 0 Å². The number of benzene rings is 1. The molecule has 0 heterocycles. The Bertz CT molecular complexity index is 437. The van der Waals surface area contributed by atoms with E-state index in [4.69, 9.17) is 5.73 Å². The highest BCUT2D eigenvalue weighted by Gasteiger charge is 2.12. The molecular formula is C10H12BrN3O3. The third-order valence-electron chi connectivity index (χ3n) is 2.04. The highest BCUT2D eigenvalue weighted by Crippen LogP contribution is 2.27. The fourth-order valence-corrected chi connectivity index (χ4v) is 1.74. The van der Waals surface area contributed by atoms with E-state index >= 15 is 0 Å². The van der Waals surface area contributed by atoms with Gasteiger partial charge in [0.05, 0.1) is 9.40 Å². The number of hydrogen-bond acceptors (Lipinski definition) is 4. The van der Waals surface area contributed by atoms with Crippen molar-refractivity contribution in [3.63, 3.8) is 0 Å². The first-order chi connectivity index (χ1) is 8.04. The molecule has 0 saturated heterocycles. The number of rotatable bonds is 5. The third kappa shape index (κ3) is 4.12. The highest BCUT2D eigenvalue weighted by atomic mass is 79.9. The Hall–Kier alpha value is -1.47. The lowest BCUT2D eigenvalue weighted by Crippen LogP contribution is -2.13. The lowest BCUT2D eigenvalue weighted by Gasteiger charge is -2.05. The molecule has 92 valence electrons. The van der Waals surface area contributed by atoms with E-state index in [1.807, 2.05) is 0 Å². The number of halogens is 1. The van der Waals surface area contributed by atoms with Gasteiger partial charge in [-0.05, 0) is 41.0 Å². The van der Waals surface area contributed by atoms with Gasteiger partial charge >= 0.3 is 0 Å². The Balaban J connectivity index is 2.70. The van der Waals surface area contributed by atoms with E-state index in [9.17, 15) is 14.9 Å². The van der Waals surface area contributed by atoms with Gasteiger partial charge in [-0.2, -0.15) is 0 Å². The summed E-state index contributed by atoms with van der Waals surface area (Å²) < 4.78 is 0.333. The largest absolute Gasteiger partial charge is 0.330 e. The average Bonchev–Trinajstić information content (AvgIpc) is 2.26. The van der Waals surface area contributed by atoms with E-state index < -0.39 is 4.92 Å². The minimum Gasteiger partial charge on any atom is -0.330 e. The summed E-state index contributed by atoms with van der Waals surface area (Å²) in [5.41, 5.74) is 5.77. The van der Waals surface area contributed by atoms with Gasteiger partial charge in [0.1, 0.15) is 0 Å². The molecule has 1 rings (SSSR count). The topological polar surface area (TPSA) is 98.3 Å². The molecule has 7 heteroatoms. The van der Waals surface area contributed by atoms with Crippen LogP contribution < -0.4 is 11.1 Å². The predicted octanol–water partition coefficient (Wildman–Crippen LogP) is 2.03. The van der Waals surface area contributed by atoms with Crippen LogP contribution in [0.25, 0.3) is 0 Å². The second kappa shape index (κ2) is 6.31. The van der Waals surface area contributed by atoms with Crippen molar-refractivity contribution in [2.75, 3.05) is 11.9 Å². The van der Waals surface area contributed by atoms with Crippen LogP contribution in [0, 0.1) is 10.1 Å². The first-order valence-electron chi connectivity index (χ1n) is 4.98. The van der Waals surface area contributed by atoms with Gasteiger partial charge in [0, 0.05) is 18.2 Å². The zero-order valence-corrected chi connectivity index (χ0v) is 10.6. The van der Waals surface area contributed by atoms with Crippen molar-refractivity contribution < 1.29 is 9.72 Å². The minimum absolute atomic E-state index is 0.0371. The maximum Gasteiger partial charge on any atom is 0.283 e. The molecule has 0 spiro atoms. The van der Waals surface area contributed by atoms with Gasteiger partial charge in [-0.15, -0.1) is 0 Å². The van der Waals surface area contributed by atoms with Crippen LogP contribution in [-0.4, -0.2) is 17.4 Å². The number of carbonyl (C=O) groups excluding carboxylic acids is 1. The number of nitro groups is 1. The first-order valence-corrected chi connectivity index (χ1v) is 5.77. The van der Waals surface area contributed by atoms with Gasteiger partial charge in [0.2, 0.25) is 5.91 Å². The molecule has 17 heavy (non-hydrogen) atoms. The summed E-state index contributed by atoms with van der Waals surface area (Å²) in [5.74, 6) is -0.156. The van der Waals surface area contributed by atoms with E-state index in [0.29, 0.717) is 29.5 Å². The Morgan fingerprint density at radius 3 is 2.76 bits per heavy atom. The molecule has 0 bridgehead atoms. The SMILES string of the molecule is NCCCC(=O)Nc1ccc([N+](=O)[O-])c(Br)c1. The molecule has 0 aromatic heterocycles. The third-order valence-corrected chi connectivity index (χ3v) is 2.67. The second-order valence-electron chi connectivity index (χ2n) is 3.36. The van der Waals surface area contributed by atoms with Crippen molar-refractivity contribution >= 4 is 33.2 Å². The molecule has 0 aliphatic carbocycles. The van der Waals surface area contributed by atoms with Gasteiger partial charge in [0.15, 0.2) is 0 Å². The standard InChI is InChI=1S/C10H12BrN3O3/c11-8-6-7(3-4-9(8)14(16)17)13-10(15)2-1-5-12/h3-4,6H,1-2,5,12H2,(H,13,15). The summed E-state index contributed by atoms with van der Waals surface area (Å²) in [6.07, 6.45) is 0.949. The van der Waals surface area contributed by atoms with Crippen LogP contribution in [-0.2, 0) is 4.79 Å². The number of carbonyl (C=O) groups is 1. The lowest BCUT2D eigenvalue weighted by atomic mass is 10.2. The van der Waals surface area contributed by atoms with Crippen LogP contribution >= 0.6 is 15.9 Å². The van der Waals surface area contributed by atoms with Gasteiger partial charge in [0.25, 0.3) is 5.69 Å². The maximum absolute atomic E-state index is 11.4. The van der Waals surface area contributed by atoms with Crippen molar-refractivity contribution in [2.24, 2.45) is 5.73 Å². The molecular weight excluding hydrogens is 290 g/mol. The molecule has 1 amide bonds. The molecule has 1 aromatic rings. The second-order valence-corrected chi connectivity index (χ2v) is 4.22. The Morgan fingerprint density at radius 1 is 1.53 bits per heavy atom. The van der Waals surface area contributed by atoms with Gasteiger partial charge in [-0.3, -0.25) is 14.9 Å². The van der Waals surface area contributed by atoms with E-state index in [2.05, 4.69) is 21.2 Å². The summed E-state index contributed by atoms with van der Waals surface area (Å²) in [6, 6.07) is 4.32. The Morgan fingerprint density at radius 2 is 2.24 bits per heavy atom. The molecule has 0 atom stereocenters. The van der Waals surface area contributed by atoms with E-state index in [1.165, 1.54) is 18.2 Å². The number of amides is 1. The van der Waals surface area contributed by atoms with Crippen LogP contribution in [0.2, 0.25) is 0 Å². The van der Waals surface area contributed by atoms with Crippen molar-refractivity contribution in [1.29, 1.82) is 0 Å². The minimum atomic E-state index is -0.496. The van der Waals surface area contributed by atoms with Crippen LogP contribution in [0.5, 0.6) is 0 Å². The Labute approximate surface area is 106 Å². The van der Waals surface area contributed by atoms with Gasteiger partial charge < -0.3 is 11.1 Å². The molecule has 0 saturated carbocycles. The molecule has 6 nitrogen and oxygen atoms in total. The highest BCUT2D eigenvalue weighted by molar-refractivity contribution is 9.10. The number of nitrogens with one attached hydrogen (secondary N) is 1. The van der Waals surface area contributed by atoms with Gasteiger partial charge in [-0.1, -0.05) is 0 Å². The monoisotopic (exact) mass is 301 g/mol. The number of hydrogen-bond donors (Lipinski definition) is 2. The fourth-order valence-electron chi connectivity index (χ4n) is 1.22. The number of anilines is 1. The van der Waals surface area contributed by atoms with Crippen molar-refractivity contribution in [2.45, 2.75) is 12.8 Å². The number of nitrogens with two attached hydrogens (primary N) is 1. The number of nitrogens with zero attached hydrogens (tertiary/aromatic N) is 1. The van der Waals surface area contributed by atoms with E-state index in [1.54, 1.807) is 0 Å². The van der Waals surface area contributed by atoms with Crippen LogP contribution in [0.15, 0.2) is 22.7 Å². The molecule has 0 aliphatic rings. The van der Waals surface area contributed by atoms with Crippen LogP contribution in [0.1, 0.15) is 12.8 Å². The quantitative estimate of drug-likeness (QED) is 0.642. The van der Waals surface area contributed by atoms with E-state index in [0.717, 1.165) is 0 Å². The Kier molecular flexibility index (Phi) is 5.05. The van der Waals surface area contributed by atoms with Crippen molar-refractivity contribution in [3.05, 3.63) is 32.8 Å². The summed E-state index contributed by atoms with van der Waals surface area (Å²) in [5, 5.41) is 13.2. The molecule has 0 fully saturated rings. The van der Waals surface area contributed by atoms with Crippen molar-refractivity contribution in [3.8, 4) is 0 Å². The normalized spacial score (nSPS) is 10.0. The van der Waals surface area contributed by atoms with E-state index in [-0.39, 0.29) is 11.6 Å². The first kappa shape index (κ1) is 13.6. The molecule has 1 aromatic carbocycles. The summed E-state index contributed by atoms with van der Waals surface area (Å²) >= 11 is 3.08. The summed E-state index contributed by atoms with van der Waals surface area (Å²) in [4.78, 5) is 21.5. The van der Waals surface area contributed by atoms with Crippen LogP contribution in [0.4, 0.5) is 11.4 Å². The maximum atomic E-state index is 11.4. The molecule has 0 unspecified atom stereocenters. The molecule has 3 N–H and O–H groups in total. The fraction of sp³-hybridized carbons (Fsp3) is 0.300. The van der Waals surface area contributed by atoms with Gasteiger partial charge in [-0.25, -0.2) is 0 Å². The smallest absolute Gasteiger partial charge is 0.283 e. The predicted molar refractivity (Wildman–Crippen MR) is 67.7 cm³/mol.